The van der Waals surface area contributed by atoms with Crippen LogP contribution >= 0.6 is 0 Å². The third kappa shape index (κ3) is 5.52. The maximum atomic E-state index is 8.68. The Morgan fingerprint density at radius 3 is 1.95 bits per heavy atom. The van der Waals surface area contributed by atoms with Gasteiger partial charge in [-0.1, -0.05) is 73.4 Å². The van der Waals surface area contributed by atoms with Crippen molar-refractivity contribution in [2.75, 3.05) is 19.8 Å². The molecule has 0 saturated heterocycles. The molecule has 0 fully saturated rings. The minimum atomic E-state index is -1.35. The fourth-order valence-corrected chi connectivity index (χ4v) is 5.90. The van der Waals surface area contributed by atoms with E-state index in [1.165, 1.54) is 11.2 Å². The summed E-state index contributed by atoms with van der Waals surface area (Å²) in [6.07, 6.45) is 1.09. The van der Waals surface area contributed by atoms with E-state index in [1.807, 2.05) is 0 Å². The Balaban J connectivity index is 2.58. The molecule has 2 nitrogen and oxygen atoms in total. The molecule has 0 radical (unpaired) electrons. The van der Waals surface area contributed by atoms with Gasteiger partial charge in [-0.2, -0.15) is 0 Å². The van der Waals surface area contributed by atoms with Crippen molar-refractivity contribution in [2.45, 2.75) is 45.2 Å². The fourth-order valence-electron chi connectivity index (χ4n) is 2.35. The van der Waals surface area contributed by atoms with Crippen LogP contribution in [0.25, 0.3) is 0 Å². The van der Waals surface area contributed by atoms with Crippen LogP contribution in [0.15, 0.2) is 24.3 Å². The Morgan fingerprint density at radius 2 is 1.45 bits per heavy atom. The summed E-state index contributed by atoms with van der Waals surface area (Å²) in [5.74, 6) is 0. The molecule has 0 bridgehead atoms. The molecule has 0 aliphatic carbocycles. The van der Waals surface area contributed by atoms with E-state index in [9.17, 15) is 0 Å². The van der Waals surface area contributed by atoms with Gasteiger partial charge in [-0.3, -0.25) is 0 Å². The number of rotatable bonds is 8. The molecule has 114 valence electrons. The Bertz CT molecular complexity index is 394. The maximum Gasteiger partial charge on any atom is 0.0807 e. The van der Waals surface area contributed by atoms with Crippen molar-refractivity contribution in [3.05, 3.63) is 24.3 Å². The summed E-state index contributed by atoms with van der Waals surface area (Å²) in [6, 6.07) is 10.6. The van der Waals surface area contributed by atoms with Crippen molar-refractivity contribution in [2.24, 2.45) is 0 Å². The number of hydrogen-bond acceptors (Lipinski definition) is 2. The lowest BCUT2D eigenvalue weighted by molar-refractivity contribution is 0.0927. The predicted molar refractivity (Wildman–Crippen MR) is 93.9 cm³/mol. The molecule has 20 heavy (non-hydrogen) atoms. The summed E-state index contributed by atoms with van der Waals surface area (Å²) in [4.78, 5) is 0. The molecule has 1 rings (SSSR count). The van der Waals surface area contributed by atoms with Crippen LogP contribution in [0, 0.1) is 0 Å². The van der Waals surface area contributed by atoms with E-state index in [-0.39, 0.29) is 6.61 Å². The normalized spacial score (nSPS) is 12.7. The molecular weight excluding hydrogens is 280 g/mol. The van der Waals surface area contributed by atoms with Crippen molar-refractivity contribution in [1.29, 1.82) is 0 Å². The van der Waals surface area contributed by atoms with Gasteiger partial charge in [0.2, 0.25) is 0 Å². The maximum absolute atomic E-state index is 8.68. The van der Waals surface area contributed by atoms with E-state index in [4.69, 9.17) is 9.84 Å². The molecule has 0 saturated carbocycles. The van der Waals surface area contributed by atoms with Crippen LogP contribution in [0.5, 0.6) is 0 Å². The second-order valence-electron chi connectivity index (χ2n) is 7.15. The van der Waals surface area contributed by atoms with Crippen LogP contribution < -0.4 is 10.4 Å². The first-order chi connectivity index (χ1) is 9.27. The van der Waals surface area contributed by atoms with Crippen molar-refractivity contribution < 1.29 is 9.84 Å². The molecule has 1 aromatic carbocycles. The molecule has 0 aromatic heterocycles. The molecule has 1 aromatic rings. The highest BCUT2D eigenvalue weighted by molar-refractivity contribution is 6.90. The number of benzene rings is 1. The van der Waals surface area contributed by atoms with Gasteiger partial charge in [-0.05, 0) is 6.42 Å². The average Bonchev–Trinajstić information content (AvgIpc) is 2.37. The van der Waals surface area contributed by atoms with Gasteiger partial charge < -0.3 is 9.84 Å². The minimum Gasteiger partial charge on any atom is -0.394 e. The van der Waals surface area contributed by atoms with Crippen molar-refractivity contribution in [1.82, 2.24) is 0 Å². The number of aliphatic hydroxyl groups excluding tert-OH is 1. The van der Waals surface area contributed by atoms with Gasteiger partial charge in [0.25, 0.3) is 0 Å². The average molecular weight is 311 g/mol. The zero-order valence-electron chi connectivity index (χ0n) is 13.7. The third-order valence-corrected chi connectivity index (χ3v) is 9.42. The number of hydrogen-bond donors (Lipinski definition) is 1. The molecular formula is C16H30O2Si2. The molecule has 0 aliphatic rings. The molecule has 0 atom stereocenters. The van der Waals surface area contributed by atoms with Gasteiger partial charge in [0.05, 0.1) is 29.4 Å². The first-order valence-corrected chi connectivity index (χ1v) is 14.3. The highest BCUT2D eigenvalue weighted by Gasteiger charge is 2.24. The summed E-state index contributed by atoms with van der Waals surface area (Å²) in [6.45, 7) is 13.4. The van der Waals surface area contributed by atoms with Crippen LogP contribution in [-0.4, -0.2) is 41.1 Å². The van der Waals surface area contributed by atoms with Crippen LogP contribution in [0.3, 0.4) is 0 Å². The van der Waals surface area contributed by atoms with Gasteiger partial charge in [-0.25, -0.2) is 0 Å². The fraction of sp³-hybridized carbons (Fsp3) is 0.625. The predicted octanol–water partition coefficient (Wildman–Crippen LogP) is 2.55. The van der Waals surface area contributed by atoms with Gasteiger partial charge >= 0.3 is 0 Å². The van der Waals surface area contributed by atoms with E-state index in [2.05, 4.69) is 57.0 Å². The standard InChI is InChI=1S/C16H30O2Si2/c1-19(2,3)15-7-9-16(10-8-15)20(4,5)14-6-12-18-13-11-17/h7-10,17H,6,11-14H2,1-5H3. The third-order valence-electron chi connectivity index (χ3n) is 3.86. The van der Waals surface area contributed by atoms with E-state index < -0.39 is 16.1 Å². The van der Waals surface area contributed by atoms with Gasteiger partial charge in [0.1, 0.15) is 0 Å². The summed E-state index contributed by atoms with van der Waals surface area (Å²) in [5.41, 5.74) is 0. The topological polar surface area (TPSA) is 29.5 Å². The zero-order valence-corrected chi connectivity index (χ0v) is 15.7. The lowest BCUT2D eigenvalue weighted by Crippen LogP contribution is -2.44. The lowest BCUT2D eigenvalue weighted by Gasteiger charge is -2.24. The molecule has 0 heterocycles. The van der Waals surface area contributed by atoms with Crippen molar-refractivity contribution >= 4 is 26.5 Å². The van der Waals surface area contributed by atoms with Gasteiger partial charge in [-0.15, -0.1) is 0 Å². The number of ether oxygens (including phenoxy) is 1. The molecule has 0 spiro atoms. The van der Waals surface area contributed by atoms with Crippen LogP contribution in [0.1, 0.15) is 6.42 Å². The first-order valence-electron chi connectivity index (χ1n) is 7.57. The molecule has 4 heteroatoms. The largest absolute Gasteiger partial charge is 0.394 e. The molecule has 0 amide bonds. The van der Waals surface area contributed by atoms with E-state index in [0.717, 1.165) is 13.0 Å². The van der Waals surface area contributed by atoms with Crippen LogP contribution in [-0.2, 0) is 4.74 Å². The highest BCUT2D eigenvalue weighted by atomic mass is 28.3. The molecule has 0 unspecified atom stereocenters. The Hall–Kier alpha value is -0.426. The second kappa shape index (κ2) is 7.54. The van der Waals surface area contributed by atoms with E-state index in [0.29, 0.717) is 6.61 Å². The zero-order chi connectivity index (χ0) is 15.2. The summed E-state index contributed by atoms with van der Waals surface area (Å²) < 4.78 is 5.36. The van der Waals surface area contributed by atoms with Crippen LogP contribution in [0.4, 0.5) is 0 Å². The van der Waals surface area contributed by atoms with Crippen molar-refractivity contribution in [3.8, 4) is 0 Å². The van der Waals surface area contributed by atoms with E-state index in [1.54, 1.807) is 5.19 Å². The van der Waals surface area contributed by atoms with E-state index >= 15 is 0 Å². The first kappa shape index (κ1) is 17.6. The summed E-state index contributed by atoms with van der Waals surface area (Å²) in [7, 11) is -2.53. The summed E-state index contributed by atoms with van der Waals surface area (Å²) in [5, 5.41) is 11.8. The number of aliphatic hydroxyl groups is 1. The van der Waals surface area contributed by atoms with Crippen molar-refractivity contribution in [3.63, 3.8) is 0 Å². The Morgan fingerprint density at radius 1 is 0.900 bits per heavy atom. The second-order valence-corrected chi connectivity index (χ2v) is 17.1. The molecule has 1 N–H and O–H groups in total. The summed E-state index contributed by atoms with van der Waals surface area (Å²) >= 11 is 0. The Labute approximate surface area is 126 Å². The van der Waals surface area contributed by atoms with Gasteiger partial charge in [0.15, 0.2) is 0 Å². The van der Waals surface area contributed by atoms with Crippen LogP contribution in [0.2, 0.25) is 38.8 Å². The smallest absolute Gasteiger partial charge is 0.0807 e. The quantitative estimate of drug-likeness (QED) is 0.591. The monoisotopic (exact) mass is 310 g/mol. The SMILES string of the molecule is C[Si](C)(C)c1ccc([Si](C)(C)CCCOCCO)cc1. The minimum absolute atomic E-state index is 0.124. The van der Waals surface area contributed by atoms with Gasteiger partial charge in [0, 0.05) is 6.61 Å². The molecule has 0 aliphatic heterocycles. The Kier molecular flexibility index (Phi) is 6.65. The highest BCUT2D eigenvalue weighted by Crippen LogP contribution is 2.13. The lowest BCUT2D eigenvalue weighted by atomic mass is 10.4.